The molecule has 2 heterocycles. The van der Waals surface area contributed by atoms with Crippen LogP contribution in [-0.4, -0.2) is 21.6 Å². The normalized spacial score (nSPS) is 13.7. The van der Waals surface area contributed by atoms with Crippen molar-refractivity contribution in [2.45, 2.75) is 25.9 Å². The SMILES string of the molecule is O=C(Cn1c(=O)c2oc3ccccc3c2n(Cc2ccccc2Cl)c1=O)NCC1CC1. The highest BCUT2D eigenvalue weighted by atomic mass is 35.5. The summed E-state index contributed by atoms with van der Waals surface area (Å²) in [4.78, 5) is 38.9. The summed E-state index contributed by atoms with van der Waals surface area (Å²) in [5.41, 5.74) is 0.473. The number of halogens is 1. The fraction of sp³-hybridized carbons (Fsp3) is 0.261. The van der Waals surface area contributed by atoms with Crippen LogP contribution in [-0.2, 0) is 17.9 Å². The molecule has 0 atom stereocenters. The second-order valence-corrected chi connectivity index (χ2v) is 8.28. The minimum absolute atomic E-state index is 0.0443. The molecular formula is C23H20ClN3O4. The number of nitrogens with one attached hydrogen (secondary N) is 1. The summed E-state index contributed by atoms with van der Waals surface area (Å²) < 4.78 is 8.21. The summed E-state index contributed by atoms with van der Waals surface area (Å²) in [6, 6.07) is 14.4. The van der Waals surface area contributed by atoms with Crippen LogP contribution in [0.25, 0.3) is 22.1 Å². The number of para-hydroxylation sites is 1. The average Bonchev–Trinajstić information content (AvgIpc) is 3.52. The molecule has 0 spiro atoms. The first-order valence-corrected chi connectivity index (χ1v) is 10.6. The minimum atomic E-state index is -0.617. The second-order valence-electron chi connectivity index (χ2n) is 7.87. The van der Waals surface area contributed by atoms with Crippen LogP contribution in [0.1, 0.15) is 18.4 Å². The van der Waals surface area contributed by atoms with E-state index >= 15 is 0 Å². The number of rotatable bonds is 6. The molecule has 1 amide bonds. The summed E-state index contributed by atoms with van der Waals surface area (Å²) in [5.74, 6) is 0.126. The van der Waals surface area contributed by atoms with Crippen molar-refractivity contribution in [3.05, 3.63) is 80.0 Å². The fourth-order valence-corrected chi connectivity index (χ4v) is 3.95. The Bertz CT molecular complexity index is 1430. The van der Waals surface area contributed by atoms with Gasteiger partial charge in [-0.15, -0.1) is 0 Å². The lowest BCUT2D eigenvalue weighted by molar-refractivity contribution is -0.121. The molecule has 5 rings (SSSR count). The highest BCUT2D eigenvalue weighted by molar-refractivity contribution is 6.31. The lowest BCUT2D eigenvalue weighted by Crippen LogP contribution is -2.44. The van der Waals surface area contributed by atoms with Crippen molar-refractivity contribution in [2.75, 3.05) is 6.54 Å². The molecule has 7 nitrogen and oxygen atoms in total. The van der Waals surface area contributed by atoms with Gasteiger partial charge in [0, 0.05) is 17.0 Å². The van der Waals surface area contributed by atoms with Crippen molar-refractivity contribution in [3.8, 4) is 0 Å². The average molecular weight is 438 g/mol. The molecule has 0 aliphatic heterocycles. The zero-order valence-corrected chi connectivity index (χ0v) is 17.4. The van der Waals surface area contributed by atoms with Crippen molar-refractivity contribution in [1.82, 2.24) is 14.5 Å². The van der Waals surface area contributed by atoms with Crippen LogP contribution in [0.15, 0.2) is 62.5 Å². The van der Waals surface area contributed by atoms with Gasteiger partial charge < -0.3 is 9.73 Å². The van der Waals surface area contributed by atoms with Crippen LogP contribution in [0.3, 0.4) is 0 Å². The van der Waals surface area contributed by atoms with Gasteiger partial charge in [-0.3, -0.25) is 14.2 Å². The number of hydrogen-bond donors (Lipinski definition) is 1. The van der Waals surface area contributed by atoms with E-state index in [9.17, 15) is 14.4 Å². The van der Waals surface area contributed by atoms with Crippen molar-refractivity contribution in [3.63, 3.8) is 0 Å². The third kappa shape index (κ3) is 3.65. The number of nitrogens with zero attached hydrogens (tertiary/aromatic N) is 2. The molecule has 1 fully saturated rings. The van der Waals surface area contributed by atoms with E-state index in [1.165, 1.54) is 4.57 Å². The first kappa shape index (κ1) is 19.6. The molecule has 2 aromatic heterocycles. The van der Waals surface area contributed by atoms with Gasteiger partial charge in [0.25, 0.3) is 5.56 Å². The van der Waals surface area contributed by atoms with E-state index in [0.717, 1.165) is 23.0 Å². The molecule has 0 saturated heterocycles. The zero-order chi connectivity index (χ0) is 21.5. The number of carbonyl (C=O) groups excluding carboxylic acids is 1. The van der Waals surface area contributed by atoms with E-state index in [1.807, 2.05) is 24.3 Å². The molecule has 1 aliphatic rings. The fourth-order valence-electron chi connectivity index (χ4n) is 3.76. The molecule has 1 aliphatic carbocycles. The predicted octanol–water partition coefficient (Wildman–Crippen LogP) is 3.14. The smallest absolute Gasteiger partial charge is 0.332 e. The van der Waals surface area contributed by atoms with Gasteiger partial charge in [0.1, 0.15) is 17.6 Å². The summed E-state index contributed by atoms with van der Waals surface area (Å²) in [5, 5.41) is 3.97. The van der Waals surface area contributed by atoms with Gasteiger partial charge in [-0.05, 0) is 42.5 Å². The number of benzene rings is 2. The van der Waals surface area contributed by atoms with E-state index in [0.29, 0.717) is 34.0 Å². The molecule has 1 saturated carbocycles. The number of aromatic nitrogens is 2. The zero-order valence-electron chi connectivity index (χ0n) is 16.6. The van der Waals surface area contributed by atoms with E-state index < -0.39 is 11.2 Å². The van der Waals surface area contributed by atoms with Crippen molar-refractivity contribution in [1.29, 1.82) is 0 Å². The summed E-state index contributed by atoms with van der Waals surface area (Å²) in [6.45, 7) is 0.344. The monoisotopic (exact) mass is 437 g/mol. The van der Waals surface area contributed by atoms with Gasteiger partial charge in [0.15, 0.2) is 0 Å². The largest absolute Gasteiger partial charge is 0.449 e. The van der Waals surface area contributed by atoms with Gasteiger partial charge in [0.2, 0.25) is 11.5 Å². The van der Waals surface area contributed by atoms with Crippen LogP contribution in [0.5, 0.6) is 0 Å². The first-order chi connectivity index (χ1) is 15.0. The van der Waals surface area contributed by atoms with Crippen molar-refractivity contribution in [2.24, 2.45) is 5.92 Å². The number of fused-ring (bicyclic) bond motifs is 3. The Hall–Kier alpha value is -3.32. The standard InChI is InChI=1S/C23H20ClN3O4/c24-17-7-3-1-5-15(17)12-26-20-16-6-2-4-8-18(16)31-21(20)22(29)27(23(26)30)13-19(28)25-11-14-9-10-14/h1-8,14H,9-13H2,(H,25,28). The number of carbonyl (C=O) groups is 1. The van der Waals surface area contributed by atoms with Crippen LogP contribution in [0.4, 0.5) is 0 Å². The lowest BCUT2D eigenvalue weighted by atomic mass is 10.2. The maximum atomic E-state index is 13.4. The minimum Gasteiger partial charge on any atom is -0.449 e. The third-order valence-electron chi connectivity index (χ3n) is 5.61. The number of furan rings is 1. The Morgan fingerprint density at radius 3 is 2.58 bits per heavy atom. The van der Waals surface area contributed by atoms with Crippen LogP contribution >= 0.6 is 11.6 Å². The molecule has 8 heteroatoms. The van der Waals surface area contributed by atoms with E-state index in [-0.39, 0.29) is 24.6 Å². The van der Waals surface area contributed by atoms with Gasteiger partial charge in [-0.2, -0.15) is 0 Å². The second kappa shape index (κ2) is 7.74. The molecule has 0 radical (unpaired) electrons. The maximum Gasteiger partial charge on any atom is 0.332 e. The first-order valence-electron chi connectivity index (χ1n) is 10.2. The number of amides is 1. The molecule has 0 bridgehead atoms. The summed E-state index contributed by atoms with van der Waals surface area (Å²) in [6.07, 6.45) is 2.19. The molecule has 158 valence electrons. The molecule has 2 aromatic carbocycles. The van der Waals surface area contributed by atoms with E-state index in [4.69, 9.17) is 16.0 Å². The Balaban J connectivity index is 1.68. The Morgan fingerprint density at radius 1 is 1.06 bits per heavy atom. The van der Waals surface area contributed by atoms with Gasteiger partial charge in [-0.25, -0.2) is 9.36 Å². The molecule has 1 N–H and O–H groups in total. The quantitative estimate of drug-likeness (QED) is 0.502. The Morgan fingerprint density at radius 2 is 1.81 bits per heavy atom. The summed E-state index contributed by atoms with van der Waals surface area (Å²) >= 11 is 6.33. The summed E-state index contributed by atoms with van der Waals surface area (Å²) in [7, 11) is 0. The highest BCUT2D eigenvalue weighted by Gasteiger charge is 2.24. The van der Waals surface area contributed by atoms with Gasteiger partial charge >= 0.3 is 5.69 Å². The molecule has 0 unspecified atom stereocenters. The molecule has 4 aromatic rings. The van der Waals surface area contributed by atoms with Crippen molar-refractivity contribution >= 4 is 39.6 Å². The topological polar surface area (TPSA) is 86.2 Å². The lowest BCUT2D eigenvalue weighted by Gasteiger charge is -2.13. The van der Waals surface area contributed by atoms with Crippen LogP contribution in [0.2, 0.25) is 5.02 Å². The van der Waals surface area contributed by atoms with E-state index in [1.54, 1.807) is 24.3 Å². The maximum absolute atomic E-state index is 13.4. The van der Waals surface area contributed by atoms with E-state index in [2.05, 4.69) is 5.32 Å². The van der Waals surface area contributed by atoms with Crippen molar-refractivity contribution < 1.29 is 9.21 Å². The highest BCUT2D eigenvalue weighted by Crippen LogP contribution is 2.28. The van der Waals surface area contributed by atoms with Crippen LogP contribution < -0.4 is 16.6 Å². The third-order valence-corrected chi connectivity index (χ3v) is 5.98. The Kier molecular flexibility index (Phi) is 4.90. The van der Waals surface area contributed by atoms with Gasteiger partial charge in [-0.1, -0.05) is 41.9 Å². The molecule has 31 heavy (non-hydrogen) atoms. The number of hydrogen-bond acceptors (Lipinski definition) is 4. The van der Waals surface area contributed by atoms with Crippen LogP contribution in [0, 0.1) is 5.92 Å². The Labute approximate surface area is 181 Å². The predicted molar refractivity (Wildman–Crippen MR) is 119 cm³/mol. The molecular weight excluding hydrogens is 418 g/mol. The van der Waals surface area contributed by atoms with Gasteiger partial charge in [0.05, 0.1) is 6.54 Å².